The molecule has 0 spiro atoms. The Bertz CT molecular complexity index is 813. The molecule has 1 unspecified atom stereocenters. The summed E-state index contributed by atoms with van der Waals surface area (Å²) in [6, 6.07) is 0. The fourth-order valence-corrected chi connectivity index (χ4v) is 7.12. The van der Waals surface area contributed by atoms with Gasteiger partial charge in [0.05, 0.1) is 0 Å². The van der Waals surface area contributed by atoms with Gasteiger partial charge in [0.1, 0.15) is 13.2 Å². The number of ether oxygens (including phenoxy) is 3. The summed E-state index contributed by atoms with van der Waals surface area (Å²) in [6.07, 6.45) is 42.3. The molecule has 2 atom stereocenters. The van der Waals surface area contributed by atoms with Crippen LogP contribution < -0.4 is 0 Å². The van der Waals surface area contributed by atoms with Gasteiger partial charge in [-0.1, -0.05) is 227 Å². The molecule has 0 heterocycles. The van der Waals surface area contributed by atoms with Gasteiger partial charge in [0.2, 0.25) is 0 Å². The third-order valence-corrected chi connectivity index (χ3v) is 11.2. The van der Waals surface area contributed by atoms with Gasteiger partial charge in [-0.3, -0.25) is 14.4 Å². The molecule has 0 aliphatic rings. The van der Waals surface area contributed by atoms with Crippen LogP contribution in [0.1, 0.15) is 265 Å². The molecule has 0 fully saturated rings. The summed E-state index contributed by atoms with van der Waals surface area (Å²) in [5, 5.41) is 0. The van der Waals surface area contributed by atoms with Gasteiger partial charge >= 0.3 is 17.9 Å². The van der Waals surface area contributed by atoms with Crippen LogP contribution in [0.25, 0.3) is 0 Å². The van der Waals surface area contributed by atoms with E-state index in [4.69, 9.17) is 14.2 Å². The quantitative estimate of drug-likeness (QED) is 0.0349. The predicted octanol–water partition coefficient (Wildman–Crippen LogP) is 15.1. The fraction of sp³-hybridized carbons (Fsp3) is 0.938. The second kappa shape index (κ2) is 42.6. The first-order valence-electron chi connectivity index (χ1n) is 23.9. The zero-order valence-electron chi connectivity index (χ0n) is 36.7. The molecular weight excluding hydrogens is 673 g/mol. The van der Waals surface area contributed by atoms with Crippen molar-refractivity contribution in [3.05, 3.63) is 0 Å². The Labute approximate surface area is 336 Å². The van der Waals surface area contributed by atoms with E-state index in [-0.39, 0.29) is 31.1 Å². The van der Waals surface area contributed by atoms with Gasteiger partial charge in [0, 0.05) is 19.3 Å². The van der Waals surface area contributed by atoms with E-state index >= 15 is 0 Å². The summed E-state index contributed by atoms with van der Waals surface area (Å²) in [6.45, 7) is 9.01. The monoisotopic (exact) mass is 765 g/mol. The van der Waals surface area contributed by atoms with Crippen molar-refractivity contribution in [2.24, 2.45) is 5.92 Å². The minimum Gasteiger partial charge on any atom is -0.462 e. The van der Waals surface area contributed by atoms with E-state index in [9.17, 15) is 14.4 Å². The van der Waals surface area contributed by atoms with Crippen LogP contribution in [0.3, 0.4) is 0 Å². The molecule has 6 heteroatoms. The second-order valence-corrected chi connectivity index (χ2v) is 16.6. The molecule has 0 aliphatic heterocycles. The number of carbonyl (C=O) groups excluding carboxylic acids is 3. The lowest BCUT2D eigenvalue weighted by Crippen LogP contribution is -2.30. The van der Waals surface area contributed by atoms with E-state index in [0.29, 0.717) is 19.3 Å². The Morgan fingerprint density at radius 3 is 0.963 bits per heavy atom. The molecule has 0 saturated carbocycles. The predicted molar refractivity (Wildman–Crippen MR) is 229 cm³/mol. The maximum atomic E-state index is 12.7. The van der Waals surface area contributed by atoms with Crippen molar-refractivity contribution in [3.63, 3.8) is 0 Å². The highest BCUT2D eigenvalue weighted by molar-refractivity contribution is 5.71. The lowest BCUT2D eigenvalue weighted by Gasteiger charge is -2.18. The molecule has 0 aromatic rings. The van der Waals surface area contributed by atoms with Crippen LogP contribution in [0.15, 0.2) is 0 Å². The Morgan fingerprint density at radius 1 is 0.370 bits per heavy atom. The van der Waals surface area contributed by atoms with E-state index in [1.54, 1.807) is 0 Å². The van der Waals surface area contributed by atoms with E-state index < -0.39 is 6.10 Å². The molecule has 0 aliphatic carbocycles. The SMILES string of the molecule is CCCCCCCCCCCC(=O)OC[C@@H](COC(=O)CCCCCCCCCCCCCCCCC(C)CC)OC(=O)CCCCCCCCCCC. The van der Waals surface area contributed by atoms with Crippen LogP contribution in [0, 0.1) is 5.92 Å². The van der Waals surface area contributed by atoms with Crippen molar-refractivity contribution in [2.75, 3.05) is 13.2 Å². The van der Waals surface area contributed by atoms with Crippen molar-refractivity contribution in [1.82, 2.24) is 0 Å². The Morgan fingerprint density at radius 2 is 0.648 bits per heavy atom. The molecule has 6 nitrogen and oxygen atoms in total. The number of rotatable bonds is 43. The molecule has 0 saturated heterocycles. The molecule has 0 radical (unpaired) electrons. The van der Waals surface area contributed by atoms with Gasteiger partial charge in [-0.25, -0.2) is 0 Å². The smallest absolute Gasteiger partial charge is 0.306 e. The summed E-state index contributed by atoms with van der Waals surface area (Å²) in [7, 11) is 0. The fourth-order valence-electron chi connectivity index (χ4n) is 7.12. The molecular formula is C48H92O6. The Balaban J connectivity index is 4.20. The normalized spacial score (nSPS) is 12.4. The summed E-state index contributed by atoms with van der Waals surface area (Å²) in [5.41, 5.74) is 0. The van der Waals surface area contributed by atoms with Crippen molar-refractivity contribution < 1.29 is 28.6 Å². The number of unbranched alkanes of at least 4 members (excludes halogenated alkanes) is 29. The van der Waals surface area contributed by atoms with Gasteiger partial charge in [0.15, 0.2) is 6.10 Å². The maximum absolute atomic E-state index is 12.7. The molecule has 320 valence electrons. The largest absolute Gasteiger partial charge is 0.462 e. The van der Waals surface area contributed by atoms with E-state index in [0.717, 1.165) is 63.7 Å². The van der Waals surface area contributed by atoms with Crippen molar-refractivity contribution in [3.8, 4) is 0 Å². The van der Waals surface area contributed by atoms with Crippen molar-refractivity contribution in [2.45, 2.75) is 271 Å². The average molecular weight is 765 g/mol. The lowest BCUT2D eigenvalue weighted by molar-refractivity contribution is -0.167. The Kier molecular flexibility index (Phi) is 41.3. The highest BCUT2D eigenvalue weighted by Crippen LogP contribution is 2.17. The van der Waals surface area contributed by atoms with Crippen LogP contribution >= 0.6 is 0 Å². The minimum atomic E-state index is -0.758. The zero-order valence-corrected chi connectivity index (χ0v) is 36.7. The molecule has 0 N–H and O–H groups in total. The first kappa shape index (κ1) is 52.4. The summed E-state index contributed by atoms with van der Waals surface area (Å²) < 4.78 is 16.7. The lowest BCUT2D eigenvalue weighted by atomic mass is 9.99. The molecule has 54 heavy (non-hydrogen) atoms. The van der Waals surface area contributed by atoms with Crippen molar-refractivity contribution >= 4 is 17.9 Å². The average Bonchev–Trinajstić information content (AvgIpc) is 3.17. The van der Waals surface area contributed by atoms with Crippen LogP contribution in [0.2, 0.25) is 0 Å². The first-order chi connectivity index (χ1) is 26.4. The summed E-state index contributed by atoms with van der Waals surface area (Å²) >= 11 is 0. The zero-order chi connectivity index (χ0) is 39.6. The number of hydrogen-bond acceptors (Lipinski definition) is 6. The minimum absolute atomic E-state index is 0.0636. The third-order valence-electron chi connectivity index (χ3n) is 11.2. The van der Waals surface area contributed by atoms with Gasteiger partial charge in [0.25, 0.3) is 0 Å². The van der Waals surface area contributed by atoms with Crippen LogP contribution in [-0.2, 0) is 28.6 Å². The number of esters is 3. The maximum Gasteiger partial charge on any atom is 0.306 e. The highest BCUT2D eigenvalue weighted by Gasteiger charge is 2.19. The first-order valence-corrected chi connectivity index (χ1v) is 23.9. The number of carbonyl (C=O) groups is 3. The van der Waals surface area contributed by atoms with Gasteiger partial charge in [-0.15, -0.1) is 0 Å². The third kappa shape index (κ3) is 40.1. The van der Waals surface area contributed by atoms with Gasteiger partial charge in [-0.2, -0.15) is 0 Å². The standard InChI is InChI=1S/C48H92O6/c1-5-8-10-12-14-22-27-31-35-39-46(49)52-42-45(54-48(51)41-37-33-29-23-15-13-11-9-6-2)43-53-47(50)40-36-32-28-25-21-19-17-16-18-20-24-26-30-34-38-44(4)7-3/h44-45H,5-43H2,1-4H3/t44?,45-/m0/s1. The molecule has 0 rings (SSSR count). The molecule has 0 aromatic heterocycles. The van der Waals surface area contributed by atoms with Crippen LogP contribution in [0.4, 0.5) is 0 Å². The van der Waals surface area contributed by atoms with Crippen LogP contribution in [-0.4, -0.2) is 37.2 Å². The van der Waals surface area contributed by atoms with E-state index in [2.05, 4.69) is 27.7 Å². The molecule has 0 amide bonds. The van der Waals surface area contributed by atoms with E-state index in [1.807, 2.05) is 0 Å². The van der Waals surface area contributed by atoms with Crippen molar-refractivity contribution in [1.29, 1.82) is 0 Å². The van der Waals surface area contributed by atoms with E-state index in [1.165, 1.54) is 161 Å². The summed E-state index contributed by atoms with van der Waals surface area (Å²) in [5.74, 6) is 0.0399. The second-order valence-electron chi connectivity index (χ2n) is 16.6. The van der Waals surface area contributed by atoms with Gasteiger partial charge in [-0.05, 0) is 25.2 Å². The summed E-state index contributed by atoms with van der Waals surface area (Å²) in [4.78, 5) is 37.6. The molecule has 0 aromatic carbocycles. The van der Waals surface area contributed by atoms with Gasteiger partial charge < -0.3 is 14.2 Å². The van der Waals surface area contributed by atoms with Crippen LogP contribution in [0.5, 0.6) is 0 Å². The Hall–Kier alpha value is -1.59. The highest BCUT2D eigenvalue weighted by atomic mass is 16.6. The molecule has 0 bridgehead atoms. The topological polar surface area (TPSA) is 78.9 Å². The number of hydrogen-bond donors (Lipinski definition) is 0.